The molecule has 1 aliphatic heterocycles. The van der Waals surface area contributed by atoms with E-state index in [4.69, 9.17) is 9.47 Å². The maximum absolute atomic E-state index is 11.6. The third-order valence-electron chi connectivity index (χ3n) is 6.51. The molecular weight excluding hydrogens is 518 g/mol. The first kappa shape index (κ1) is 26.8. The Bertz CT molecular complexity index is 1410. The molecule has 39 heavy (non-hydrogen) atoms. The Morgan fingerprint density at radius 1 is 1.05 bits per heavy atom. The van der Waals surface area contributed by atoms with Crippen LogP contribution in [0.2, 0.25) is 0 Å². The predicted molar refractivity (Wildman–Crippen MR) is 145 cm³/mol. The molecule has 0 spiro atoms. The topological polar surface area (TPSA) is 132 Å². The number of hydrogen-bond donors (Lipinski definition) is 3. The summed E-state index contributed by atoms with van der Waals surface area (Å²) < 4.78 is 14.6. The Hall–Kier alpha value is -3.77. The average molecular weight is 548 g/mol. The number of aromatic hydroxyl groups is 1. The van der Waals surface area contributed by atoms with Crippen LogP contribution in [0, 0.1) is 5.92 Å². The van der Waals surface area contributed by atoms with E-state index in [1.807, 2.05) is 48.5 Å². The highest BCUT2D eigenvalue weighted by Crippen LogP contribution is 2.43. The molecule has 1 amide bonds. The molecule has 0 saturated carbocycles. The van der Waals surface area contributed by atoms with Crippen LogP contribution in [-0.2, 0) is 20.9 Å². The lowest BCUT2D eigenvalue weighted by molar-refractivity contribution is -0.268. The van der Waals surface area contributed by atoms with Crippen LogP contribution in [0.1, 0.15) is 42.9 Å². The zero-order chi connectivity index (χ0) is 27.4. The maximum Gasteiger partial charge on any atom is 0.221 e. The lowest BCUT2D eigenvalue weighted by Gasteiger charge is -2.41. The van der Waals surface area contributed by atoms with Crippen LogP contribution in [0.25, 0.3) is 5.69 Å². The van der Waals surface area contributed by atoms with E-state index >= 15 is 0 Å². The van der Waals surface area contributed by atoms with Crippen molar-refractivity contribution >= 4 is 23.4 Å². The van der Waals surface area contributed by atoms with E-state index in [9.17, 15) is 15.0 Å². The Morgan fingerprint density at radius 3 is 2.54 bits per heavy atom. The van der Waals surface area contributed by atoms with Crippen molar-refractivity contribution in [2.24, 2.45) is 5.92 Å². The van der Waals surface area contributed by atoms with Gasteiger partial charge < -0.3 is 25.0 Å². The Labute approximate surface area is 230 Å². The molecule has 4 atom stereocenters. The van der Waals surface area contributed by atoms with Crippen LogP contribution < -0.4 is 5.32 Å². The van der Waals surface area contributed by atoms with Crippen molar-refractivity contribution < 1.29 is 24.5 Å². The van der Waals surface area contributed by atoms with Crippen molar-refractivity contribution in [3.8, 4) is 11.4 Å². The number of amides is 1. The second-order valence-corrected chi connectivity index (χ2v) is 10.3. The summed E-state index contributed by atoms with van der Waals surface area (Å²) in [4.78, 5) is 11.6. The van der Waals surface area contributed by atoms with Crippen LogP contribution in [0.15, 0.2) is 78.0 Å². The van der Waals surface area contributed by atoms with Gasteiger partial charge in [0.1, 0.15) is 5.75 Å². The number of ether oxygens (including phenoxy) is 2. The van der Waals surface area contributed by atoms with Crippen molar-refractivity contribution in [3.63, 3.8) is 0 Å². The van der Waals surface area contributed by atoms with Gasteiger partial charge in [-0.3, -0.25) is 4.79 Å². The number of nitrogens with one attached hydrogen (secondary N) is 1. The van der Waals surface area contributed by atoms with Crippen LogP contribution in [0.5, 0.6) is 5.75 Å². The molecule has 3 N–H and O–H groups in total. The fraction of sp³-hybridized carbons (Fsp3) is 0.286. The fourth-order valence-electron chi connectivity index (χ4n) is 4.46. The third kappa shape index (κ3) is 6.28. The summed E-state index contributed by atoms with van der Waals surface area (Å²) in [5.74, 6) is 0.534. The zero-order valence-corrected chi connectivity index (χ0v) is 22.3. The van der Waals surface area contributed by atoms with Gasteiger partial charge in [-0.05, 0) is 58.0 Å². The monoisotopic (exact) mass is 547 g/mol. The summed E-state index contributed by atoms with van der Waals surface area (Å²) in [7, 11) is 0. The van der Waals surface area contributed by atoms with Crippen molar-refractivity contribution in [1.82, 2.24) is 20.2 Å². The second kappa shape index (κ2) is 12.0. The first-order valence-electron chi connectivity index (χ1n) is 12.5. The Balaban J connectivity index is 1.40. The van der Waals surface area contributed by atoms with E-state index in [1.165, 1.54) is 18.7 Å². The second-order valence-electron chi connectivity index (χ2n) is 9.33. The number of nitrogens with zero attached hydrogens (tertiary/aromatic N) is 4. The molecular formula is C28H29N5O5S. The lowest BCUT2D eigenvalue weighted by atomic mass is 9.91. The van der Waals surface area contributed by atoms with E-state index in [-0.39, 0.29) is 36.4 Å². The summed E-state index contributed by atoms with van der Waals surface area (Å²) in [5.41, 5.74) is 3.99. The molecule has 3 aromatic carbocycles. The summed E-state index contributed by atoms with van der Waals surface area (Å²) in [6, 6.07) is 21.8. The molecule has 1 saturated heterocycles. The molecule has 202 valence electrons. The van der Waals surface area contributed by atoms with E-state index < -0.39 is 6.29 Å². The highest BCUT2D eigenvalue weighted by Gasteiger charge is 2.38. The maximum atomic E-state index is 11.6. The van der Waals surface area contributed by atoms with Gasteiger partial charge in [0.15, 0.2) is 6.29 Å². The largest absolute Gasteiger partial charge is 0.508 e. The van der Waals surface area contributed by atoms with Crippen LogP contribution >= 0.6 is 11.8 Å². The number of hydrogen-bond acceptors (Lipinski definition) is 9. The first-order chi connectivity index (χ1) is 18.9. The van der Waals surface area contributed by atoms with Crippen LogP contribution in [-0.4, -0.2) is 48.2 Å². The summed E-state index contributed by atoms with van der Waals surface area (Å²) in [6.07, 6.45) is -1.18. The smallest absolute Gasteiger partial charge is 0.221 e. The van der Waals surface area contributed by atoms with Gasteiger partial charge >= 0.3 is 0 Å². The van der Waals surface area contributed by atoms with Gasteiger partial charge in [-0.15, -0.1) is 5.10 Å². The molecule has 0 aliphatic carbocycles. The van der Waals surface area contributed by atoms with E-state index in [0.29, 0.717) is 16.6 Å². The van der Waals surface area contributed by atoms with E-state index in [1.54, 1.807) is 28.9 Å². The minimum absolute atomic E-state index is 0.0229. The number of rotatable bonds is 8. The molecule has 0 unspecified atom stereocenters. The molecule has 1 fully saturated rings. The molecule has 0 bridgehead atoms. The summed E-state index contributed by atoms with van der Waals surface area (Å²) in [5, 5.41) is 34.6. The number of aliphatic hydroxyl groups is 1. The van der Waals surface area contributed by atoms with Crippen molar-refractivity contribution in [2.75, 3.05) is 11.1 Å². The number of tetrazole rings is 1. The first-order valence-corrected chi connectivity index (χ1v) is 13.5. The summed E-state index contributed by atoms with van der Waals surface area (Å²) >= 11 is 1.47. The number of aliphatic hydroxyl groups excluding tert-OH is 1. The number of thioether (sulfide) groups is 1. The number of benzene rings is 3. The quantitative estimate of drug-likeness (QED) is 0.275. The lowest BCUT2D eigenvalue weighted by Crippen LogP contribution is -2.38. The number of phenolic OH excluding ortho intramolecular Hbond substituents is 1. The van der Waals surface area contributed by atoms with Crippen LogP contribution in [0.3, 0.4) is 0 Å². The van der Waals surface area contributed by atoms with Gasteiger partial charge in [-0.1, -0.05) is 55.1 Å². The molecule has 4 aromatic rings. The Morgan fingerprint density at radius 2 is 1.82 bits per heavy atom. The van der Waals surface area contributed by atoms with E-state index in [0.717, 1.165) is 22.4 Å². The number of carbonyl (C=O) groups excluding carboxylic acids is 1. The highest BCUT2D eigenvalue weighted by atomic mass is 32.2. The zero-order valence-electron chi connectivity index (χ0n) is 21.5. The van der Waals surface area contributed by atoms with Crippen molar-refractivity contribution in [2.45, 2.75) is 44.1 Å². The molecule has 2 heterocycles. The molecule has 11 heteroatoms. The minimum atomic E-state index is -0.670. The Kier molecular flexibility index (Phi) is 8.22. The highest BCUT2D eigenvalue weighted by molar-refractivity contribution is 7.99. The fourth-order valence-corrected chi connectivity index (χ4v) is 5.51. The number of phenols is 1. The molecule has 5 rings (SSSR count). The number of anilines is 1. The van der Waals surface area contributed by atoms with Gasteiger partial charge in [-0.2, -0.15) is 4.68 Å². The van der Waals surface area contributed by atoms with Crippen molar-refractivity contribution in [3.05, 3.63) is 89.5 Å². The molecule has 1 aromatic heterocycles. The van der Waals surface area contributed by atoms with Gasteiger partial charge in [0.2, 0.25) is 11.1 Å². The third-order valence-corrected chi connectivity index (χ3v) is 7.52. The average Bonchev–Trinajstić information content (AvgIpc) is 3.41. The predicted octanol–water partition coefficient (Wildman–Crippen LogP) is 4.40. The van der Waals surface area contributed by atoms with E-state index in [2.05, 4.69) is 27.8 Å². The van der Waals surface area contributed by atoms with Gasteiger partial charge in [0, 0.05) is 29.8 Å². The van der Waals surface area contributed by atoms with Gasteiger partial charge in [-0.25, -0.2) is 0 Å². The van der Waals surface area contributed by atoms with Gasteiger partial charge in [0.25, 0.3) is 0 Å². The van der Waals surface area contributed by atoms with Crippen molar-refractivity contribution in [1.29, 1.82) is 0 Å². The molecule has 1 aliphatic rings. The minimum Gasteiger partial charge on any atom is -0.508 e. The standard InChI is InChI=1S/C28H29N5O5S/c1-17-25(16-39-28-30-31-32-33(28)23-10-12-24(36)13-11-23)37-27(21-4-3-5-22(14-21)29-18(2)35)38-26(17)20-8-6-19(15-34)7-9-20/h3-14,17,25-27,34,36H,15-16H2,1-2H3,(H,29,35)/t17-,25+,26+,27+/m0/s1. The van der Waals surface area contributed by atoms with Gasteiger partial charge in [0.05, 0.1) is 24.5 Å². The SMILES string of the molecule is CC(=O)Nc1cccc([C@@H]2O[C@H](CSc3nnnn3-c3ccc(O)cc3)[C@H](C)[C@H](c3ccc(CO)cc3)O2)c1. The normalized spacial score (nSPS) is 21.0. The number of aromatic nitrogens is 4. The molecule has 10 nitrogen and oxygen atoms in total. The number of carbonyl (C=O) groups is 1. The summed E-state index contributed by atoms with van der Waals surface area (Å²) in [6.45, 7) is 3.52. The van der Waals surface area contributed by atoms with Crippen LogP contribution in [0.4, 0.5) is 5.69 Å². The molecule has 0 radical (unpaired) electrons.